The minimum Gasteiger partial charge on any atom is -0.496 e. The Morgan fingerprint density at radius 2 is 1.97 bits per heavy atom. The molecule has 0 fully saturated rings. The van der Waals surface area contributed by atoms with Crippen molar-refractivity contribution in [1.82, 2.24) is 19.0 Å². The van der Waals surface area contributed by atoms with E-state index in [1.807, 2.05) is 48.7 Å². The monoisotopic (exact) mass is 533 g/mol. The van der Waals surface area contributed by atoms with Crippen molar-refractivity contribution >= 4 is 36.1 Å². The number of carbonyl (C=O) groups is 1. The molecule has 2 heterocycles. The largest absolute Gasteiger partial charge is 0.496 e. The SMILES string of the molecule is COc1cc(C)c2c(ccn2C(=O)O)c1C(c1nc2cc(C#N)ccc2n1COCC[Si](C)(C)C)N(C)C. The Bertz CT molecular complexity index is 1540. The number of ether oxygens (including phenoxy) is 2. The summed E-state index contributed by atoms with van der Waals surface area (Å²) in [7, 11) is 4.27. The molecule has 0 aliphatic heterocycles. The number of methoxy groups -OCH3 is 1. The highest BCUT2D eigenvalue weighted by atomic mass is 28.3. The molecule has 2 aromatic carbocycles. The van der Waals surface area contributed by atoms with Crippen molar-refractivity contribution < 1.29 is 19.4 Å². The zero-order chi connectivity index (χ0) is 27.8. The summed E-state index contributed by atoms with van der Waals surface area (Å²) in [5.74, 6) is 1.37. The standard InChI is InChI=1S/C28H35N5O4Si/c1-18-14-23(36-4)24(20-10-11-32(25(18)20)28(34)35)26(31(2)3)27-30-21-15-19(16-29)8-9-22(21)33(27)17-37-12-13-38(5,6)7/h8-11,14-15,26H,12-13,17H2,1-7H3,(H,34,35). The van der Waals surface area contributed by atoms with Crippen LogP contribution in [0.1, 0.15) is 28.6 Å². The number of hydrogen-bond donors (Lipinski definition) is 1. The Balaban J connectivity index is 1.95. The van der Waals surface area contributed by atoms with Gasteiger partial charge in [0.05, 0.1) is 41.3 Å². The van der Waals surface area contributed by atoms with Crippen LogP contribution in [0.2, 0.25) is 25.7 Å². The average Bonchev–Trinajstić information content (AvgIpc) is 3.44. The summed E-state index contributed by atoms with van der Waals surface area (Å²) in [5.41, 5.74) is 4.32. The summed E-state index contributed by atoms with van der Waals surface area (Å²) in [4.78, 5) is 19.0. The first kappa shape index (κ1) is 27.4. The Labute approximate surface area is 223 Å². The highest BCUT2D eigenvalue weighted by molar-refractivity contribution is 6.76. The van der Waals surface area contributed by atoms with Gasteiger partial charge in [0.1, 0.15) is 18.3 Å². The van der Waals surface area contributed by atoms with Gasteiger partial charge in [0.2, 0.25) is 0 Å². The van der Waals surface area contributed by atoms with Gasteiger partial charge >= 0.3 is 6.09 Å². The van der Waals surface area contributed by atoms with Gasteiger partial charge in [0, 0.05) is 31.8 Å². The fourth-order valence-corrected chi connectivity index (χ4v) is 5.61. The van der Waals surface area contributed by atoms with Gasteiger partial charge < -0.3 is 19.1 Å². The normalized spacial score (nSPS) is 12.8. The maximum atomic E-state index is 12.0. The number of imidazole rings is 1. The van der Waals surface area contributed by atoms with Crippen LogP contribution in [0.4, 0.5) is 4.79 Å². The number of hydrogen-bond acceptors (Lipinski definition) is 6. The van der Waals surface area contributed by atoms with E-state index in [9.17, 15) is 15.2 Å². The van der Waals surface area contributed by atoms with Crippen molar-refractivity contribution in [2.45, 2.75) is 45.4 Å². The molecule has 9 nitrogen and oxygen atoms in total. The summed E-state index contributed by atoms with van der Waals surface area (Å²) < 4.78 is 15.3. The number of fused-ring (bicyclic) bond motifs is 2. The molecule has 2 aromatic heterocycles. The summed E-state index contributed by atoms with van der Waals surface area (Å²) >= 11 is 0. The number of rotatable bonds is 9. The van der Waals surface area contributed by atoms with Gasteiger partial charge in [0.15, 0.2) is 0 Å². The van der Waals surface area contributed by atoms with E-state index in [0.29, 0.717) is 35.7 Å². The van der Waals surface area contributed by atoms with Crippen LogP contribution in [0, 0.1) is 18.3 Å². The molecule has 0 radical (unpaired) electrons. The molecule has 200 valence electrons. The van der Waals surface area contributed by atoms with Crippen LogP contribution in [-0.2, 0) is 11.5 Å². The molecular weight excluding hydrogens is 498 g/mol. The lowest BCUT2D eigenvalue weighted by Gasteiger charge is -2.28. The van der Waals surface area contributed by atoms with Crippen molar-refractivity contribution in [1.29, 1.82) is 5.26 Å². The van der Waals surface area contributed by atoms with Crippen LogP contribution in [0.25, 0.3) is 21.9 Å². The number of benzene rings is 2. The van der Waals surface area contributed by atoms with Crippen molar-refractivity contribution in [3.63, 3.8) is 0 Å². The van der Waals surface area contributed by atoms with Crippen molar-refractivity contribution in [3.8, 4) is 11.8 Å². The van der Waals surface area contributed by atoms with Crippen LogP contribution in [0.5, 0.6) is 5.75 Å². The third kappa shape index (κ3) is 5.18. The number of nitrogens with zero attached hydrogens (tertiary/aromatic N) is 5. The van der Waals surface area contributed by atoms with Gasteiger partial charge in [-0.15, -0.1) is 0 Å². The van der Waals surface area contributed by atoms with Gasteiger partial charge in [-0.05, 0) is 63.0 Å². The van der Waals surface area contributed by atoms with Gasteiger partial charge in [-0.2, -0.15) is 5.26 Å². The van der Waals surface area contributed by atoms with Gasteiger partial charge in [-0.3, -0.25) is 9.47 Å². The topological polar surface area (TPSA) is 106 Å². The minimum absolute atomic E-state index is 0.306. The maximum absolute atomic E-state index is 12.0. The summed E-state index contributed by atoms with van der Waals surface area (Å²) in [6.07, 6.45) is 0.518. The maximum Gasteiger partial charge on any atom is 0.416 e. The molecule has 0 aliphatic carbocycles. The molecular formula is C28H35N5O4Si. The second kappa shape index (κ2) is 10.6. The Morgan fingerprint density at radius 1 is 1.24 bits per heavy atom. The Hall–Kier alpha value is -3.65. The first-order valence-corrected chi connectivity index (χ1v) is 16.2. The third-order valence-electron chi connectivity index (χ3n) is 6.75. The summed E-state index contributed by atoms with van der Waals surface area (Å²) in [6.45, 7) is 9.79. The molecule has 0 saturated heterocycles. The van der Waals surface area contributed by atoms with Crippen LogP contribution in [0.15, 0.2) is 36.5 Å². The lowest BCUT2D eigenvalue weighted by atomic mass is 9.97. The van der Waals surface area contributed by atoms with Crippen LogP contribution in [-0.4, -0.2) is 66.1 Å². The predicted molar refractivity (Wildman–Crippen MR) is 151 cm³/mol. The minimum atomic E-state index is -1.27. The second-order valence-electron chi connectivity index (χ2n) is 11.0. The molecule has 1 N–H and O–H groups in total. The molecule has 0 amide bonds. The molecule has 0 aliphatic rings. The zero-order valence-corrected chi connectivity index (χ0v) is 24.1. The Morgan fingerprint density at radius 3 is 2.58 bits per heavy atom. The van der Waals surface area contributed by atoms with Crippen molar-refractivity contribution in [2.75, 3.05) is 27.8 Å². The average molecular weight is 534 g/mol. The van der Waals surface area contributed by atoms with E-state index in [1.54, 1.807) is 25.4 Å². The summed E-state index contributed by atoms with van der Waals surface area (Å²) in [6, 6.07) is 12.0. The summed E-state index contributed by atoms with van der Waals surface area (Å²) in [5, 5.41) is 20.1. The second-order valence-corrected chi connectivity index (χ2v) is 16.6. The lowest BCUT2D eigenvalue weighted by molar-refractivity contribution is 0.0854. The number of carboxylic acid groups (broad SMARTS) is 1. The molecule has 0 saturated carbocycles. The fraction of sp³-hybridized carbons (Fsp3) is 0.393. The number of aryl methyl sites for hydroxylation is 1. The third-order valence-corrected chi connectivity index (χ3v) is 8.45. The van der Waals surface area contributed by atoms with Gasteiger partial charge in [0.25, 0.3) is 0 Å². The molecule has 38 heavy (non-hydrogen) atoms. The predicted octanol–water partition coefficient (Wildman–Crippen LogP) is 5.67. The van der Waals surface area contributed by atoms with Crippen LogP contribution < -0.4 is 4.74 Å². The van der Waals surface area contributed by atoms with Crippen LogP contribution >= 0.6 is 0 Å². The van der Waals surface area contributed by atoms with E-state index in [4.69, 9.17) is 14.5 Å². The molecule has 0 bridgehead atoms. The van der Waals surface area contributed by atoms with E-state index in [1.165, 1.54) is 4.57 Å². The number of aromatic nitrogens is 3. The van der Waals surface area contributed by atoms with Crippen molar-refractivity contribution in [3.05, 3.63) is 59.0 Å². The van der Waals surface area contributed by atoms with E-state index < -0.39 is 20.2 Å². The zero-order valence-electron chi connectivity index (χ0n) is 23.1. The molecule has 4 aromatic rings. The molecule has 1 unspecified atom stereocenters. The molecule has 10 heteroatoms. The van der Waals surface area contributed by atoms with E-state index >= 15 is 0 Å². The Kier molecular flexibility index (Phi) is 7.65. The highest BCUT2D eigenvalue weighted by Crippen LogP contribution is 2.41. The van der Waals surface area contributed by atoms with Gasteiger partial charge in [-0.25, -0.2) is 9.78 Å². The molecule has 1 atom stereocenters. The van der Waals surface area contributed by atoms with E-state index in [-0.39, 0.29) is 0 Å². The lowest BCUT2D eigenvalue weighted by Crippen LogP contribution is -2.26. The fourth-order valence-electron chi connectivity index (χ4n) is 4.85. The molecule has 4 rings (SSSR count). The first-order valence-electron chi connectivity index (χ1n) is 12.5. The quantitative estimate of drug-likeness (QED) is 0.218. The smallest absolute Gasteiger partial charge is 0.416 e. The number of nitriles is 1. The van der Waals surface area contributed by atoms with Crippen LogP contribution in [0.3, 0.4) is 0 Å². The van der Waals surface area contributed by atoms with Crippen molar-refractivity contribution in [2.24, 2.45) is 0 Å². The highest BCUT2D eigenvalue weighted by Gasteiger charge is 2.30. The van der Waals surface area contributed by atoms with E-state index in [2.05, 4.69) is 25.7 Å². The molecule has 0 spiro atoms. The van der Waals surface area contributed by atoms with Gasteiger partial charge in [-0.1, -0.05) is 19.6 Å². The first-order chi connectivity index (χ1) is 18.0. The van der Waals surface area contributed by atoms with E-state index in [0.717, 1.165) is 33.9 Å².